The Balaban J connectivity index is 2.08. The third-order valence-corrected chi connectivity index (χ3v) is 3.79. The van der Waals surface area contributed by atoms with Gasteiger partial charge in [0.15, 0.2) is 0 Å². The van der Waals surface area contributed by atoms with E-state index in [0.29, 0.717) is 0 Å². The van der Waals surface area contributed by atoms with Gasteiger partial charge in [-0.1, -0.05) is 37.3 Å². The molecule has 0 spiro atoms. The van der Waals surface area contributed by atoms with Gasteiger partial charge in [-0.3, -0.25) is 0 Å². The third kappa shape index (κ3) is 3.76. The molecule has 0 amide bonds. The van der Waals surface area contributed by atoms with Gasteiger partial charge in [0, 0.05) is 24.8 Å². The van der Waals surface area contributed by atoms with Crippen molar-refractivity contribution in [1.82, 2.24) is 0 Å². The fraction of sp³-hybridized carbons (Fsp3) is 0.333. The number of methoxy groups -OCH3 is 1. The Morgan fingerprint density at radius 2 is 1.76 bits per heavy atom. The Morgan fingerprint density at radius 3 is 2.38 bits per heavy atom. The summed E-state index contributed by atoms with van der Waals surface area (Å²) in [6, 6.07) is 16.5. The number of hydrogen-bond acceptors (Lipinski definition) is 3. The second kappa shape index (κ2) is 7.14. The van der Waals surface area contributed by atoms with Crippen LogP contribution in [0, 0.1) is 0 Å². The highest BCUT2D eigenvalue weighted by atomic mass is 16.5. The third-order valence-electron chi connectivity index (χ3n) is 3.79. The standard InChI is InChI=1S/C18H24N2O/c1-4-14-9-11-15(12-10-14)20(2)13-17(19)16-7-5-6-8-18(16)21-3/h5-12,17H,4,13,19H2,1-3H3. The fourth-order valence-corrected chi connectivity index (χ4v) is 2.46. The van der Waals surface area contributed by atoms with E-state index in [1.54, 1.807) is 7.11 Å². The molecule has 0 radical (unpaired) electrons. The topological polar surface area (TPSA) is 38.5 Å². The summed E-state index contributed by atoms with van der Waals surface area (Å²) in [6.45, 7) is 2.90. The Labute approximate surface area is 127 Å². The zero-order valence-corrected chi connectivity index (χ0v) is 13.0. The molecule has 0 saturated carbocycles. The first kappa shape index (κ1) is 15.4. The SMILES string of the molecule is CCc1ccc(N(C)CC(N)c2ccccc2OC)cc1. The lowest BCUT2D eigenvalue weighted by atomic mass is 10.1. The molecule has 2 aromatic carbocycles. The van der Waals surface area contributed by atoms with Crippen LogP contribution >= 0.6 is 0 Å². The molecular formula is C18H24N2O. The number of para-hydroxylation sites is 1. The van der Waals surface area contributed by atoms with Crippen LogP contribution in [-0.4, -0.2) is 20.7 Å². The number of anilines is 1. The summed E-state index contributed by atoms with van der Waals surface area (Å²) in [7, 11) is 3.75. The molecule has 21 heavy (non-hydrogen) atoms. The highest BCUT2D eigenvalue weighted by Gasteiger charge is 2.13. The van der Waals surface area contributed by atoms with E-state index < -0.39 is 0 Å². The summed E-state index contributed by atoms with van der Waals surface area (Å²) in [5.74, 6) is 0.847. The van der Waals surface area contributed by atoms with Crippen molar-refractivity contribution >= 4 is 5.69 Å². The van der Waals surface area contributed by atoms with Crippen molar-refractivity contribution in [3.63, 3.8) is 0 Å². The van der Waals surface area contributed by atoms with Crippen LogP contribution in [0.25, 0.3) is 0 Å². The minimum atomic E-state index is -0.0861. The van der Waals surface area contributed by atoms with Crippen molar-refractivity contribution in [3.05, 3.63) is 59.7 Å². The Kier molecular flexibility index (Phi) is 5.23. The molecule has 0 bridgehead atoms. The number of rotatable bonds is 6. The van der Waals surface area contributed by atoms with E-state index in [0.717, 1.165) is 24.3 Å². The summed E-state index contributed by atoms with van der Waals surface area (Å²) in [5, 5.41) is 0. The predicted octanol–water partition coefficient (Wildman–Crippen LogP) is 3.39. The number of hydrogen-bond donors (Lipinski definition) is 1. The van der Waals surface area contributed by atoms with E-state index in [-0.39, 0.29) is 6.04 Å². The van der Waals surface area contributed by atoms with Gasteiger partial charge in [0.2, 0.25) is 0 Å². The summed E-state index contributed by atoms with van der Waals surface area (Å²) in [5.41, 5.74) is 9.91. The van der Waals surface area contributed by atoms with Crippen molar-refractivity contribution in [1.29, 1.82) is 0 Å². The van der Waals surface area contributed by atoms with Crippen LogP contribution < -0.4 is 15.4 Å². The van der Waals surface area contributed by atoms with Crippen LogP contribution in [0.4, 0.5) is 5.69 Å². The Morgan fingerprint density at radius 1 is 1.10 bits per heavy atom. The lowest BCUT2D eigenvalue weighted by molar-refractivity contribution is 0.405. The van der Waals surface area contributed by atoms with Gasteiger partial charge in [-0.25, -0.2) is 0 Å². The summed E-state index contributed by atoms with van der Waals surface area (Å²) in [6.07, 6.45) is 1.06. The maximum absolute atomic E-state index is 6.34. The summed E-state index contributed by atoms with van der Waals surface area (Å²) < 4.78 is 5.39. The minimum absolute atomic E-state index is 0.0861. The van der Waals surface area contributed by atoms with Crippen molar-refractivity contribution < 1.29 is 4.74 Å². The van der Waals surface area contributed by atoms with Gasteiger partial charge < -0.3 is 15.4 Å². The molecule has 0 aromatic heterocycles. The van der Waals surface area contributed by atoms with Crippen LogP contribution in [0.15, 0.2) is 48.5 Å². The molecule has 0 fully saturated rings. The Hall–Kier alpha value is -2.00. The van der Waals surface area contributed by atoms with E-state index in [4.69, 9.17) is 10.5 Å². The molecule has 0 aliphatic rings. The highest BCUT2D eigenvalue weighted by Crippen LogP contribution is 2.25. The Bertz CT molecular complexity index is 566. The average Bonchev–Trinajstić information content (AvgIpc) is 2.54. The van der Waals surface area contributed by atoms with Crippen molar-refractivity contribution in [3.8, 4) is 5.75 Å². The molecule has 0 heterocycles. The average molecular weight is 284 g/mol. The van der Waals surface area contributed by atoms with Crippen LogP contribution in [0.5, 0.6) is 5.75 Å². The predicted molar refractivity (Wildman–Crippen MR) is 89.0 cm³/mol. The fourth-order valence-electron chi connectivity index (χ4n) is 2.46. The molecule has 2 rings (SSSR count). The molecular weight excluding hydrogens is 260 g/mol. The number of likely N-dealkylation sites (N-methyl/N-ethyl adjacent to an activating group) is 1. The second-order valence-electron chi connectivity index (χ2n) is 5.25. The van der Waals surface area contributed by atoms with Crippen molar-refractivity contribution in [2.75, 3.05) is 25.6 Å². The van der Waals surface area contributed by atoms with Crippen LogP contribution in [0.2, 0.25) is 0 Å². The molecule has 112 valence electrons. The lowest BCUT2D eigenvalue weighted by Gasteiger charge is -2.24. The first-order valence-corrected chi connectivity index (χ1v) is 7.34. The maximum Gasteiger partial charge on any atom is 0.123 e. The molecule has 2 aromatic rings. The molecule has 2 N–H and O–H groups in total. The molecule has 1 atom stereocenters. The van der Waals surface area contributed by atoms with Gasteiger partial charge in [0.05, 0.1) is 13.2 Å². The van der Waals surface area contributed by atoms with Gasteiger partial charge in [0.1, 0.15) is 5.75 Å². The minimum Gasteiger partial charge on any atom is -0.496 e. The number of benzene rings is 2. The number of nitrogens with two attached hydrogens (primary N) is 1. The zero-order valence-electron chi connectivity index (χ0n) is 13.0. The molecule has 3 nitrogen and oxygen atoms in total. The first-order valence-electron chi connectivity index (χ1n) is 7.34. The van der Waals surface area contributed by atoms with E-state index in [9.17, 15) is 0 Å². The number of ether oxygens (including phenoxy) is 1. The molecule has 0 saturated heterocycles. The van der Waals surface area contributed by atoms with E-state index in [1.807, 2.05) is 24.3 Å². The van der Waals surface area contributed by atoms with Gasteiger partial charge in [-0.2, -0.15) is 0 Å². The van der Waals surface area contributed by atoms with Crippen molar-refractivity contribution in [2.45, 2.75) is 19.4 Å². The van der Waals surface area contributed by atoms with Crippen LogP contribution in [0.3, 0.4) is 0 Å². The number of nitrogens with zero attached hydrogens (tertiary/aromatic N) is 1. The zero-order chi connectivity index (χ0) is 15.2. The summed E-state index contributed by atoms with van der Waals surface area (Å²) in [4.78, 5) is 2.18. The van der Waals surface area contributed by atoms with E-state index in [1.165, 1.54) is 11.3 Å². The van der Waals surface area contributed by atoms with Crippen LogP contribution in [0.1, 0.15) is 24.1 Å². The first-order chi connectivity index (χ1) is 10.2. The molecule has 3 heteroatoms. The quantitative estimate of drug-likeness (QED) is 0.883. The van der Waals surface area contributed by atoms with Crippen molar-refractivity contribution in [2.24, 2.45) is 5.73 Å². The second-order valence-corrected chi connectivity index (χ2v) is 5.25. The van der Waals surface area contributed by atoms with Crippen LogP contribution in [-0.2, 0) is 6.42 Å². The number of aryl methyl sites for hydroxylation is 1. The summed E-state index contributed by atoms with van der Waals surface area (Å²) >= 11 is 0. The lowest BCUT2D eigenvalue weighted by Crippen LogP contribution is -2.29. The van der Waals surface area contributed by atoms with Gasteiger partial charge >= 0.3 is 0 Å². The highest BCUT2D eigenvalue weighted by molar-refractivity contribution is 5.48. The largest absolute Gasteiger partial charge is 0.496 e. The maximum atomic E-state index is 6.34. The normalized spacial score (nSPS) is 12.0. The smallest absolute Gasteiger partial charge is 0.123 e. The molecule has 0 aliphatic carbocycles. The van der Waals surface area contributed by atoms with E-state index in [2.05, 4.69) is 43.1 Å². The molecule has 0 aliphatic heterocycles. The van der Waals surface area contributed by atoms with Gasteiger partial charge in [0.25, 0.3) is 0 Å². The monoisotopic (exact) mass is 284 g/mol. The van der Waals surface area contributed by atoms with Gasteiger partial charge in [-0.05, 0) is 30.2 Å². The van der Waals surface area contributed by atoms with Gasteiger partial charge in [-0.15, -0.1) is 0 Å². The molecule has 1 unspecified atom stereocenters. The van der Waals surface area contributed by atoms with E-state index >= 15 is 0 Å².